The summed E-state index contributed by atoms with van der Waals surface area (Å²) >= 11 is 0. The molecule has 0 radical (unpaired) electrons. The van der Waals surface area contributed by atoms with Crippen LogP contribution in [0, 0.1) is 0 Å². The summed E-state index contributed by atoms with van der Waals surface area (Å²) < 4.78 is 16.9. The maximum Gasteiger partial charge on any atom is 0.377 e. The van der Waals surface area contributed by atoms with E-state index in [4.69, 9.17) is 14.2 Å². The van der Waals surface area contributed by atoms with Crippen LogP contribution in [-0.4, -0.2) is 36.7 Å². The maximum absolute atomic E-state index is 12.1. The second-order valence-electron chi connectivity index (χ2n) is 7.45. The summed E-state index contributed by atoms with van der Waals surface area (Å²) in [5.74, 6) is -2.26. The Balaban J connectivity index is 2.47. The maximum atomic E-state index is 12.1. The Morgan fingerprint density at radius 3 is 2.00 bits per heavy atom. The molecule has 0 fully saturated rings. The predicted octanol–water partition coefficient (Wildman–Crippen LogP) is 6.21. The molecule has 0 bridgehead atoms. The molecule has 0 heterocycles. The van der Waals surface area contributed by atoms with Crippen LogP contribution in [0.1, 0.15) is 84.5 Å². The number of carboxylic acid groups (broad SMARTS) is 1. The van der Waals surface area contributed by atoms with E-state index in [9.17, 15) is 9.90 Å². The third kappa shape index (κ3) is 11.2. The van der Waals surface area contributed by atoms with Crippen LogP contribution in [0.3, 0.4) is 0 Å². The fourth-order valence-electron chi connectivity index (χ4n) is 3.30. The molecule has 0 saturated heterocycles. The highest BCUT2D eigenvalue weighted by Crippen LogP contribution is 2.26. The Hall–Kier alpha value is -1.59. The van der Waals surface area contributed by atoms with Gasteiger partial charge in [0.05, 0.1) is 13.2 Å². The lowest BCUT2D eigenvalue weighted by Gasteiger charge is -2.30. The van der Waals surface area contributed by atoms with E-state index in [-0.39, 0.29) is 6.61 Å². The first kappa shape index (κ1) is 25.4. The van der Waals surface area contributed by atoms with Crippen LogP contribution in [-0.2, 0) is 14.3 Å². The number of hydrogen-bond acceptors (Lipinski definition) is 4. The number of unbranched alkanes of at least 4 members (excludes halogenated alkanes) is 9. The van der Waals surface area contributed by atoms with Gasteiger partial charge in [-0.25, -0.2) is 4.79 Å². The molecular formula is C24H40O5. The first-order valence-corrected chi connectivity index (χ1v) is 11.3. The molecular weight excluding hydrogens is 368 g/mol. The molecule has 0 aromatic heterocycles. The summed E-state index contributed by atoms with van der Waals surface area (Å²) in [7, 11) is 0. The average Bonchev–Trinajstić information content (AvgIpc) is 2.73. The Morgan fingerprint density at radius 2 is 1.45 bits per heavy atom. The van der Waals surface area contributed by atoms with E-state index in [0.717, 1.165) is 19.3 Å². The van der Waals surface area contributed by atoms with Gasteiger partial charge in [0, 0.05) is 13.0 Å². The molecule has 5 heteroatoms. The lowest BCUT2D eigenvalue weighted by Crippen LogP contribution is -2.48. The summed E-state index contributed by atoms with van der Waals surface area (Å²) in [4.78, 5) is 12.1. The number of carboxylic acids is 1. The molecule has 5 nitrogen and oxygen atoms in total. The monoisotopic (exact) mass is 408 g/mol. The lowest BCUT2D eigenvalue weighted by molar-refractivity contribution is -0.218. The molecule has 29 heavy (non-hydrogen) atoms. The van der Waals surface area contributed by atoms with Gasteiger partial charge in [0.25, 0.3) is 0 Å². The van der Waals surface area contributed by atoms with Gasteiger partial charge < -0.3 is 19.3 Å². The van der Waals surface area contributed by atoms with Gasteiger partial charge in [0.1, 0.15) is 5.75 Å². The number of aliphatic carboxylic acids is 1. The van der Waals surface area contributed by atoms with Gasteiger partial charge in [-0.15, -0.1) is 0 Å². The summed E-state index contributed by atoms with van der Waals surface area (Å²) in [5.41, 5.74) is 0. The number of carbonyl (C=O) groups is 1. The minimum Gasteiger partial charge on any atom is -0.476 e. The van der Waals surface area contributed by atoms with Gasteiger partial charge in [0.15, 0.2) is 0 Å². The Kier molecular flexibility index (Phi) is 14.2. The van der Waals surface area contributed by atoms with Gasteiger partial charge in [-0.2, -0.15) is 0 Å². The Bertz CT molecular complexity index is 519. The van der Waals surface area contributed by atoms with Gasteiger partial charge >= 0.3 is 11.8 Å². The molecule has 0 aliphatic carbocycles. The van der Waals surface area contributed by atoms with E-state index in [1.165, 1.54) is 44.9 Å². The van der Waals surface area contributed by atoms with Gasteiger partial charge in [-0.05, 0) is 25.5 Å². The second-order valence-corrected chi connectivity index (χ2v) is 7.45. The first-order chi connectivity index (χ1) is 14.1. The minimum atomic E-state index is -1.67. The van der Waals surface area contributed by atoms with E-state index >= 15 is 0 Å². The smallest absolute Gasteiger partial charge is 0.377 e. The van der Waals surface area contributed by atoms with Gasteiger partial charge in [0.2, 0.25) is 0 Å². The van der Waals surface area contributed by atoms with Crippen LogP contribution in [0.5, 0.6) is 5.75 Å². The fraction of sp³-hybridized carbons (Fsp3) is 0.708. The molecule has 1 rings (SSSR count). The van der Waals surface area contributed by atoms with Crippen molar-refractivity contribution in [2.75, 3.05) is 19.8 Å². The SMILES string of the molecule is CCCCCCCCCCCCC(OCCOCC)(Oc1ccccc1)C(=O)O. The van der Waals surface area contributed by atoms with Gasteiger partial charge in [-0.1, -0.05) is 82.9 Å². The third-order valence-electron chi connectivity index (χ3n) is 4.98. The molecule has 0 saturated carbocycles. The van der Waals surface area contributed by atoms with E-state index in [1.54, 1.807) is 12.1 Å². The van der Waals surface area contributed by atoms with Crippen molar-refractivity contribution >= 4 is 5.97 Å². The summed E-state index contributed by atoms with van der Waals surface area (Å²) in [5, 5.41) is 9.89. The molecule has 1 aromatic rings. The van der Waals surface area contributed by atoms with E-state index in [2.05, 4.69) is 6.92 Å². The zero-order chi connectivity index (χ0) is 21.2. The van der Waals surface area contributed by atoms with E-state index in [0.29, 0.717) is 25.4 Å². The Morgan fingerprint density at radius 1 is 0.862 bits per heavy atom. The summed E-state index contributed by atoms with van der Waals surface area (Å²) in [6.45, 7) is 5.24. The fourth-order valence-corrected chi connectivity index (χ4v) is 3.30. The molecule has 0 aliphatic heterocycles. The molecule has 1 atom stereocenters. The molecule has 1 N–H and O–H groups in total. The lowest BCUT2D eigenvalue weighted by atomic mass is 10.0. The largest absolute Gasteiger partial charge is 0.476 e. The normalized spacial score (nSPS) is 13.2. The topological polar surface area (TPSA) is 65.0 Å². The number of rotatable bonds is 19. The minimum absolute atomic E-state index is 0.185. The summed E-state index contributed by atoms with van der Waals surface area (Å²) in [6.07, 6.45) is 12.2. The molecule has 166 valence electrons. The second kappa shape index (κ2) is 16.2. The Labute approximate surface area is 176 Å². The highest BCUT2D eigenvalue weighted by molar-refractivity contribution is 5.76. The summed E-state index contributed by atoms with van der Waals surface area (Å²) in [6, 6.07) is 9.02. The van der Waals surface area contributed by atoms with Crippen molar-refractivity contribution in [1.29, 1.82) is 0 Å². The highest BCUT2D eigenvalue weighted by Gasteiger charge is 2.42. The van der Waals surface area contributed by atoms with Crippen LogP contribution in [0.2, 0.25) is 0 Å². The van der Waals surface area contributed by atoms with Crippen molar-refractivity contribution in [2.24, 2.45) is 0 Å². The van der Waals surface area contributed by atoms with Crippen molar-refractivity contribution < 1.29 is 24.1 Å². The number of para-hydroxylation sites is 1. The zero-order valence-corrected chi connectivity index (χ0v) is 18.4. The van der Waals surface area contributed by atoms with Crippen molar-refractivity contribution in [1.82, 2.24) is 0 Å². The number of benzene rings is 1. The van der Waals surface area contributed by atoms with Crippen LogP contribution >= 0.6 is 0 Å². The van der Waals surface area contributed by atoms with Crippen molar-refractivity contribution in [3.8, 4) is 5.75 Å². The molecule has 1 unspecified atom stereocenters. The van der Waals surface area contributed by atoms with E-state index < -0.39 is 11.8 Å². The molecule has 0 spiro atoms. The molecule has 1 aromatic carbocycles. The van der Waals surface area contributed by atoms with Gasteiger partial charge in [-0.3, -0.25) is 0 Å². The quantitative estimate of drug-likeness (QED) is 0.218. The molecule has 0 amide bonds. The number of ether oxygens (including phenoxy) is 3. The third-order valence-corrected chi connectivity index (χ3v) is 4.98. The van der Waals surface area contributed by atoms with Crippen LogP contribution in [0.4, 0.5) is 0 Å². The van der Waals surface area contributed by atoms with E-state index in [1.807, 2.05) is 25.1 Å². The zero-order valence-electron chi connectivity index (χ0n) is 18.4. The first-order valence-electron chi connectivity index (χ1n) is 11.3. The average molecular weight is 409 g/mol. The van der Waals surface area contributed by atoms with Crippen LogP contribution < -0.4 is 4.74 Å². The predicted molar refractivity (Wildman–Crippen MR) is 116 cm³/mol. The van der Waals surface area contributed by atoms with Crippen LogP contribution in [0.25, 0.3) is 0 Å². The number of hydrogen-bond donors (Lipinski definition) is 1. The van der Waals surface area contributed by atoms with Crippen molar-refractivity contribution in [3.05, 3.63) is 30.3 Å². The van der Waals surface area contributed by atoms with Crippen LogP contribution in [0.15, 0.2) is 30.3 Å². The van der Waals surface area contributed by atoms with Crippen molar-refractivity contribution in [2.45, 2.75) is 90.3 Å². The standard InChI is InChI=1S/C24H40O5/c1-3-5-6-7-8-9-10-11-12-16-19-24(23(25)26,28-21-20-27-4-2)29-22-17-14-13-15-18-22/h13-15,17-18H,3-12,16,19-21H2,1-2H3,(H,25,26). The molecule has 0 aliphatic rings. The van der Waals surface area contributed by atoms with Crippen molar-refractivity contribution in [3.63, 3.8) is 0 Å². The highest BCUT2D eigenvalue weighted by atomic mass is 16.7.